The van der Waals surface area contributed by atoms with E-state index in [0.29, 0.717) is 27.8 Å². The smallest absolute Gasteiger partial charge is 0.288 e. The van der Waals surface area contributed by atoms with Crippen LogP contribution in [0.1, 0.15) is 29.7 Å². The van der Waals surface area contributed by atoms with Crippen LogP contribution in [-0.4, -0.2) is 29.4 Å². The number of ether oxygens (including phenoxy) is 1. The van der Waals surface area contributed by atoms with Gasteiger partial charge in [-0.25, -0.2) is 18.2 Å². The Bertz CT molecular complexity index is 1000. The highest BCUT2D eigenvalue weighted by molar-refractivity contribution is 6.37. The number of nitrogens with zero attached hydrogens (tertiary/aromatic N) is 2. The van der Waals surface area contributed by atoms with E-state index in [2.05, 4.69) is 20.0 Å². The first-order chi connectivity index (χ1) is 13.6. The van der Waals surface area contributed by atoms with Crippen LogP contribution in [0.2, 0.25) is 10.0 Å². The molecule has 0 radical (unpaired) electrons. The predicted octanol–water partition coefficient (Wildman–Crippen LogP) is 4.55. The molecule has 0 fully saturated rings. The van der Waals surface area contributed by atoms with Crippen LogP contribution in [0.25, 0.3) is 0 Å². The highest BCUT2D eigenvalue weighted by Gasteiger charge is 2.40. The number of anilines is 1. The van der Waals surface area contributed by atoms with Gasteiger partial charge < -0.3 is 15.8 Å². The van der Waals surface area contributed by atoms with Crippen molar-refractivity contribution in [1.29, 1.82) is 5.41 Å². The lowest BCUT2D eigenvalue weighted by atomic mass is 9.92. The minimum absolute atomic E-state index is 0.119. The summed E-state index contributed by atoms with van der Waals surface area (Å²) in [7, 11) is 0. The zero-order chi connectivity index (χ0) is 21.3. The number of benzene rings is 1. The molecule has 1 aromatic carbocycles. The molecule has 1 aromatic heterocycles. The summed E-state index contributed by atoms with van der Waals surface area (Å²) in [4.78, 5) is 8.42. The Kier molecular flexibility index (Phi) is 5.90. The van der Waals surface area contributed by atoms with Gasteiger partial charge in [-0.15, -0.1) is 0 Å². The maximum Gasteiger partial charge on any atom is 0.288 e. The minimum Gasteiger partial charge on any atom is -0.459 e. The Balaban J connectivity index is 1.90. The van der Waals surface area contributed by atoms with Gasteiger partial charge in [0, 0.05) is 17.4 Å². The van der Waals surface area contributed by atoms with Gasteiger partial charge in [0.05, 0.1) is 22.5 Å². The zero-order valence-corrected chi connectivity index (χ0v) is 16.6. The first-order valence-electron chi connectivity index (χ1n) is 8.38. The van der Waals surface area contributed by atoms with Gasteiger partial charge >= 0.3 is 0 Å². The summed E-state index contributed by atoms with van der Waals surface area (Å²) in [6.07, 6.45) is 1.40. The SMILES string of the molecule is CC(c1cc2c(cc1F)CN=C(c1ncc(Cl)cc1Cl)N2)C(F)(F)COC(=N)N. The van der Waals surface area contributed by atoms with Gasteiger partial charge in [-0.2, -0.15) is 0 Å². The lowest BCUT2D eigenvalue weighted by Gasteiger charge is -2.26. The Morgan fingerprint density at radius 3 is 2.76 bits per heavy atom. The maximum absolute atomic E-state index is 14.5. The second-order valence-corrected chi connectivity index (χ2v) is 7.28. The molecule has 1 atom stereocenters. The van der Waals surface area contributed by atoms with Gasteiger partial charge in [-0.1, -0.05) is 30.1 Å². The molecule has 0 saturated heterocycles. The van der Waals surface area contributed by atoms with Crippen LogP contribution in [0.15, 0.2) is 29.4 Å². The molecular formula is C18H16Cl2F3N5O. The zero-order valence-electron chi connectivity index (χ0n) is 15.1. The Morgan fingerprint density at radius 1 is 1.38 bits per heavy atom. The highest BCUT2D eigenvalue weighted by Crippen LogP contribution is 2.38. The number of nitrogens with one attached hydrogen (secondary N) is 2. The van der Waals surface area contributed by atoms with E-state index in [-0.39, 0.29) is 17.1 Å². The van der Waals surface area contributed by atoms with Crippen LogP contribution < -0.4 is 11.1 Å². The molecule has 29 heavy (non-hydrogen) atoms. The molecule has 0 spiro atoms. The van der Waals surface area contributed by atoms with Crippen molar-refractivity contribution >= 4 is 40.7 Å². The number of nitrogens with two attached hydrogens (primary N) is 1. The number of pyridine rings is 1. The van der Waals surface area contributed by atoms with Crippen molar-refractivity contribution in [3.8, 4) is 0 Å². The fourth-order valence-corrected chi connectivity index (χ4v) is 3.26. The normalized spacial score (nSPS) is 14.5. The number of aromatic nitrogens is 1. The van der Waals surface area contributed by atoms with Crippen LogP contribution in [0.4, 0.5) is 18.9 Å². The number of fused-ring (bicyclic) bond motifs is 1. The Hall–Kier alpha value is -2.52. The van der Waals surface area contributed by atoms with Crippen LogP contribution in [0.5, 0.6) is 0 Å². The van der Waals surface area contributed by atoms with Crippen LogP contribution in [0, 0.1) is 11.2 Å². The summed E-state index contributed by atoms with van der Waals surface area (Å²) in [6.45, 7) is 0.155. The standard InChI is InChI=1S/C18H16Cl2F3N5O/c1-8(18(22,23)7-29-17(24)25)11-4-14-9(2-13(11)21)5-27-16(28-14)15-12(20)3-10(19)6-26-15/h2-4,6,8H,5,7H2,1H3,(H3,24,25)(H,27,28). The molecule has 2 heterocycles. The third-order valence-corrected chi connectivity index (χ3v) is 4.93. The van der Waals surface area contributed by atoms with Crippen molar-refractivity contribution in [2.24, 2.45) is 10.7 Å². The molecule has 2 aromatic rings. The quantitative estimate of drug-likeness (QED) is 0.464. The third-order valence-electron chi connectivity index (χ3n) is 4.44. The first kappa shape index (κ1) is 21.2. The van der Waals surface area contributed by atoms with Crippen LogP contribution >= 0.6 is 23.2 Å². The number of halogens is 5. The van der Waals surface area contributed by atoms with Crippen LogP contribution in [0.3, 0.4) is 0 Å². The lowest BCUT2D eigenvalue weighted by Crippen LogP contribution is -2.33. The van der Waals surface area contributed by atoms with E-state index < -0.39 is 30.3 Å². The number of hydrogen-bond donors (Lipinski definition) is 3. The average Bonchev–Trinajstić information content (AvgIpc) is 2.65. The molecule has 3 rings (SSSR count). The van der Waals surface area contributed by atoms with Gasteiger partial charge in [0.1, 0.15) is 11.5 Å². The topological polar surface area (TPSA) is 96.4 Å². The monoisotopic (exact) mass is 445 g/mol. The van der Waals surface area contributed by atoms with E-state index in [4.69, 9.17) is 34.3 Å². The molecule has 1 unspecified atom stereocenters. The molecule has 154 valence electrons. The van der Waals surface area contributed by atoms with Crippen molar-refractivity contribution < 1.29 is 17.9 Å². The van der Waals surface area contributed by atoms with E-state index in [9.17, 15) is 13.2 Å². The second kappa shape index (κ2) is 8.08. The average molecular weight is 446 g/mol. The molecule has 4 N–H and O–H groups in total. The summed E-state index contributed by atoms with van der Waals surface area (Å²) in [6, 6.07) is 3.12. The molecule has 1 aliphatic rings. The Morgan fingerprint density at radius 2 is 2.10 bits per heavy atom. The Labute approximate surface area is 174 Å². The fourth-order valence-electron chi connectivity index (χ4n) is 2.79. The van der Waals surface area contributed by atoms with Gasteiger partial charge in [-0.05, 0) is 23.8 Å². The molecule has 6 nitrogen and oxygen atoms in total. The van der Waals surface area contributed by atoms with Crippen molar-refractivity contribution in [3.05, 3.63) is 57.1 Å². The second-order valence-electron chi connectivity index (χ2n) is 6.44. The molecule has 0 saturated carbocycles. The van der Waals surface area contributed by atoms with Gasteiger partial charge in [0.15, 0.2) is 12.4 Å². The fraction of sp³-hybridized carbons (Fsp3) is 0.278. The van der Waals surface area contributed by atoms with E-state index in [0.717, 1.165) is 6.07 Å². The van der Waals surface area contributed by atoms with E-state index in [1.165, 1.54) is 25.3 Å². The summed E-state index contributed by atoms with van der Waals surface area (Å²) >= 11 is 12.0. The van der Waals surface area contributed by atoms with Crippen molar-refractivity contribution in [1.82, 2.24) is 4.98 Å². The van der Waals surface area contributed by atoms with Gasteiger partial charge in [0.2, 0.25) is 0 Å². The van der Waals surface area contributed by atoms with E-state index in [1.54, 1.807) is 0 Å². The molecule has 1 aliphatic heterocycles. The van der Waals surface area contributed by atoms with Crippen molar-refractivity contribution in [3.63, 3.8) is 0 Å². The number of rotatable bonds is 5. The highest BCUT2D eigenvalue weighted by atomic mass is 35.5. The number of amidine groups is 2. The summed E-state index contributed by atoms with van der Waals surface area (Å²) in [5.74, 6) is -5.46. The first-order valence-corrected chi connectivity index (χ1v) is 9.14. The molecule has 0 aliphatic carbocycles. The van der Waals surface area contributed by atoms with Gasteiger partial charge in [0.25, 0.3) is 11.9 Å². The van der Waals surface area contributed by atoms with E-state index >= 15 is 0 Å². The van der Waals surface area contributed by atoms with Crippen LogP contribution in [-0.2, 0) is 11.3 Å². The summed E-state index contributed by atoms with van der Waals surface area (Å²) in [5, 5.41) is 10.5. The van der Waals surface area contributed by atoms with Crippen molar-refractivity contribution in [2.45, 2.75) is 25.3 Å². The minimum atomic E-state index is -3.45. The summed E-state index contributed by atoms with van der Waals surface area (Å²) in [5.41, 5.74) is 5.98. The molecule has 0 bridgehead atoms. The number of alkyl halides is 2. The largest absolute Gasteiger partial charge is 0.459 e. The van der Waals surface area contributed by atoms with E-state index in [1.807, 2.05) is 0 Å². The van der Waals surface area contributed by atoms with Crippen molar-refractivity contribution in [2.75, 3.05) is 11.9 Å². The predicted molar refractivity (Wildman–Crippen MR) is 106 cm³/mol. The number of hydrogen-bond acceptors (Lipinski definition) is 5. The summed E-state index contributed by atoms with van der Waals surface area (Å²) < 4.78 is 47.7. The molecular weight excluding hydrogens is 430 g/mol. The maximum atomic E-state index is 14.5. The lowest BCUT2D eigenvalue weighted by molar-refractivity contribution is -0.0649. The third kappa shape index (κ3) is 4.56. The van der Waals surface area contributed by atoms with Gasteiger partial charge in [-0.3, -0.25) is 10.4 Å². The molecule has 0 amide bonds. The number of aliphatic imine (C=N–C) groups is 1. The molecule has 11 heteroatoms.